The fraction of sp³-hybridized carbons (Fsp3) is 0.615. The first-order valence-electron chi connectivity index (χ1n) is 6.74. The number of nitrogens with two attached hydrogens (primary N) is 1. The fourth-order valence-electron chi connectivity index (χ4n) is 2.25. The molecule has 1 aromatic rings. The van der Waals surface area contributed by atoms with Crippen LogP contribution >= 0.6 is 0 Å². The second-order valence-corrected chi connectivity index (χ2v) is 4.81. The molecule has 0 bridgehead atoms. The maximum Gasteiger partial charge on any atom is 0.219 e. The normalized spacial score (nSPS) is 15.7. The molecular weight excluding hydrogens is 242 g/mol. The first-order chi connectivity index (χ1) is 9.10. The Kier molecular flexibility index (Phi) is 4.19. The summed E-state index contributed by atoms with van der Waals surface area (Å²) in [6, 6.07) is 1.81. The summed E-state index contributed by atoms with van der Waals surface area (Å²) in [7, 11) is 0. The van der Waals surface area contributed by atoms with E-state index in [9.17, 15) is 4.79 Å². The Labute approximate surface area is 113 Å². The first kappa shape index (κ1) is 13.6. The van der Waals surface area contributed by atoms with Crippen molar-refractivity contribution >= 4 is 17.5 Å². The molecular formula is C13H21N5O. The number of hydrogen-bond acceptors (Lipinski definition) is 5. The van der Waals surface area contributed by atoms with Crippen molar-refractivity contribution in [2.75, 3.05) is 36.8 Å². The molecule has 0 atom stereocenters. The van der Waals surface area contributed by atoms with E-state index < -0.39 is 0 Å². The Morgan fingerprint density at radius 1 is 1.32 bits per heavy atom. The smallest absolute Gasteiger partial charge is 0.219 e. The van der Waals surface area contributed by atoms with Crippen molar-refractivity contribution < 1.29 is 4.79 Å². The van der Waals surface area contributed by atoms with E-state index >= 15 is 0 Å². The lowest BCUT2D eigenvalue weighted by Gasteiger charge is -2.35. The summed E-state index contributed by atoms with van der Waals surface area (Å²) in [5.41, 5.74) is 5.83. The van der Waals surface area contributed by atoms with Crippen molar-refractivity contribution in [1.82, 2.24) is 14.9 Å². The topological polar surface area (TPSA) is 75.3 Å². The molecule has 0 radical (unpaired) electrons. The third-order valence-corrected chi connectivity index (χ3v) is 3.30. The molecule has 0 aromatic carbocycles. The number of hydrogen-bond donors (Lipinski definition) is 1. The van der Waals surface area contributed by atoms with Gasteiger partial charge in [0.05, 0.1) is 0 Å². The number of rotatable bonds is 3. The number of amides is 1. The lowest BCUT2D eigenvalue weighted by atomic mass is 10.3. The van der Waals surface area contributed by atoms with Gasteiger partial charge in [-0.15, -0.1) is 0 Å². The molecule has 0 spiro atoms. The van der Waals surface area contributed by atoms with Gasteiger partial charge in [-0.05, 0) is 6.42 Å². The molecule has 0 saturated carbocycles. The summed E-state index contributed by atoms with van der Waals surface area (Å²) < 4.78 is 0. The summed E-state index contributed by atoms with van der Waals surface area (Å²) in [6.07, 6.45) is 1.84. The van der Waals surface area contributed by atoms with Gasteiger partial charge in [-0.1, -0.05) is 6.92 Å². The number of carbonyl (C=O) groups is 1. The molecule has 1 aromatic heterocycles. The van der Waals surface area contributed by atoms with Crippen LogP contribution in [0.25, 0.3) is 0 Å². The largest absolute Gasteiger partial charge is 0.384 e. The molecule has 1 saturated heterocycles. The number of anilines is 2. The number of nitrogens with zero attached hydrogens (tertiary/aromatic N) is 4. The van der Waals surface area contributed by atoms with E-state index in [1.165, 1.54) is 0 Å². The quantitative estimate of drug-likeness (QED) is 0.868. The fourth-order valence-corrected chi connectivity index (χ4v) is 2.25. The Balaban J connectivity index is 2.08. The zero-order chi connectivity index (χ0) is 13.8. The van der Waals surface area contributed by atoms with Gasteiger partial charge < -0.3 is 15.5 Å². The molecule has 2 rings (SSSR count). The summed E-state index contributed by atoms with van der Waals surface area (Å²) in [5, 5.41) is 0. The minimum Gasteiger partial charge on any atom is -0.384 e. The van der Waals surface area contributed by atoms with Crippen molar-refractivity contribution in [3.05, 3.63) is 11.9 Å². The molecule has 104 valence electrons. The van der Waals surface area contributed by atoms with E-state index in [1.807, 2.05) is 11.0 Å². The number of nitrogen functional groups attached to an aromatic ring is 1. The molecule has 1 amide bonds. The van der Waals surface area contributed by atoms with Crippen LogP contribution in [0.15, 0.2) is 6.07 Å². The first-order valence-corrected chi connectivity index (χ1v) is 6.74. The molecule has 19 heavy (non-hydrogen) atoms. The van der Waals surface area contributed by atoms with Crippen LogP contribution in [-0.4, -0.2) is 47.0 Å². The maximum absolute atomic E-state index is 11.3. The van der Waals surface area contributed by atoms with Crippen LogP contribution in [-0.2, 0) is 11.2 Å². The molecule has 2 N–H and O–H groups in total. The molecule has 1 aliphatic rings. The van der Waals surface area contributed by atoms with E-state index in [0.717, 1.165) is 50.7 Å². The summed E-state index contributed by atoms with van der Waals surface area (Å²) >= 11 is 0. The van der Waals surface area contributed by atoms with Gasteiger partial charge in [0.2, 0.25) is 5.91 Å². The van der Waals surface area contributed by atoms with Crippen molar-refractivity contribution in [2.45, 2.75) is 26.7 Å². The molecule has 2 heterocycles. The molecule has 0 aliphatic carbocycles. The second kappa shape index (κ2) is 5.86. The lowest BCUT2D eigenvalue weighted by Crippen LogP contribution is -2.48. The number of aromatic nitrogens is 2. The van der Waals surface area contributed by atoms with Crippen LogP contribution in [0, 0.1) is 0 Å². The standard InChI is InChI=1S/C13H21N5O/c1-3-4-12-15-11(14)9-13(16-12)18-7-5-17(6-8-18)10(2)19/h9H,3-8H2,1-2H3,(H2,14,15,16). The van der Waals surface area contributed by atoms with Crippen LogP contribution < -0.4 is 10.6 Å². The molecule has 1 aliphatic heterocycles. The van der Waals surface area contributed by atoms with Gasteiger partial charge in [0.15, 0.2) is 0 Å². The Morgan fingerprint density at radius 3 is 2.58 bits per heavy atom. The average Bonchev–Trinajstić information content (AvgIpc) is 2.38. The molecule has 0 unspecified atom stereocenters. The zero-order valence-corrected chi connectivity index (χ0v) is 11.6. The third-order valence-electron chi connectivity index (χ3n) is 3.30. The Hall–Kier alpha value is -1.85. The summed E-state index contributed by atoms with van der Waals surface area (Å²) in [5.74, 6) is 2.32. The van der Waals surface area contributed by atoms with Gasteiger partial charge >= 0.3 is 0 Å². The van der Waals surface area contributed by atoms with Crippen LogP contribution in [0.1, 0.15) is 26.1 Å². The molecule has 6 nitrogen and oxygen atoms in total. The van der Waals surface area contributed by atoms with Crippen molar-refractivity contribution in [3.8, 4) is 0 Å². The van der Waals surface area contributed by atoms with Gasteiger partial charge in [0, 0.05) is 45.6 Å². The Bertz CT molecular complexity index is 454. The number of aryl methyl sites for hydroxylation is 1. The zero-order valence-electron chi connectivity index (χ0n) is 11.6. The monoisotopic (exact) mass is 263 g/mol. The van der Waals surface area contributed by atoms with E-state index in [0.29, 0.717) is 5.82 Å². The van der Waals surface area contributed by atoms with E-state index in [4.69, 9.17) is 5.73 Å². The lowest BCUT2D eigenvalue weighted by molar-refractivity contribution is -0.129. The van der Waals surface area contributed by atoms with Gasteiger partial charge in [0.25, 0.3) is 0 Å². The SMILES string of the molecule is CCCc1nc(N)cc(N2CCN(C(C)=O)CC2)n1. The molecule has 1 fully saturated rings. The third kappa shape index (κ3) is 3.33. The average molecular weight is 263 g/mol. The van der Waals surface area contributed by atoms with Crippen LogP contribution in [0.5, 0.6) is 0 Å². The van der Waals surface area contributed by atoms with Gasteiger partial charge in [-0.25, -0.2) is 9.97 Å². The minimum atomic E-state index is 0.133. The Morgan fingerprint density at radius 2 is 2.00 bits per heavy atom. The van der Waals surface area contributed by atoms with E-state index in [2.05, 4.69) is 21.8 Å². The predicted molar refractivity (Wildman–Crippen MR) is 74.9 cm³/mol. The van der Waals surface area contributed by atoms with Crippen molar-refractivity contribution in [3.63, 3.8) is 0 Å². The van der Waals surface area contributed by atoms with Crippen molar-refractivity contribution in [2.24, 2.45) is 0 Å². The summed E-state index contributed by atoms with van der Waals surface area (Å²) in [4.78, 5) is 24.1. The predicted octanol–water partition coefficient (Wildman–Crippen LogP) is 0.680. The number of carbonyl (C=O) groups excluding carboxylic acids is 1. The highest BCUT2D eigenvalue weighted by atomic mass is 16.2. The molecule has 6 heteroatoms. The van der Waals surface area contributed by atoms with Gasteiger partial charge in [0.1, 0.15) is 17.5 Å². The van der Waals surface area contributed by atoms with Crippen LogP contribution in [0.4, 0.5) is 11.6 Å². The summed E-state index contributed by atoms with van der Waals surface area (Å²) in [6.45, 7) is 6.77. The highest BCUT2D eigenvalue weighted by Crippen LogP contribution is 2.17. The van der Waals surface area contributed by atoms with Gasteiger partial charge in [-0.3, -0.25) is 4.79 Å². The highest BCUT2D eigenvalue weighted by molar-refractivity contribution is 5.73. The minimum absolute atomic E-state index is 0.133. The number of piperazine rings is 1. The van der Waals surface area contributed by atoms with Gasteiger partial charge in [-0.2, -0.15) is 0 Å². The van der Waals surface area contributed by atoms with Crippen LogP contribution in [0.2, 0.25) is 0 Å². The van der Waals surface area contributed by atoms with Crippen molar-refractivity contribution in [1.29, 1.82) is 0 Å². The van der Waals surface area contributed by atoms with E-state index in [1.54, 1.807) is 6.92 Å². The van der Waals surface area contributed by atoms with E-state index in [-0.39, 0.29) is 5.91 Å². The van der Waals surface area contributed by atoms with Crippen LogP contribution in [0.3, 0.4) is 0 Å². The maximum atomic E-state index is 11.3. The highest BCUT2D eigenvalue weighted by Gasteiger charge is 2.20. The second-order valence-electron chi connectivity index (χ2n) is 4.81.